The van der Waals surface area contributed by atoms with Crippen LogP contribution in [0.1, 0.15) is 5.56 Å². The molecule has 17 heavy (non-hydrogen) atoms. The summed E-state index contributed by atoms with van der Waals surface area (Å²) in [5.74, 6) is 0.846. The van der Waals surface area contributed by atoms with Gasteiger partial charge in [-0.05, 0) is 36.2 Å². The van der Waals surface area contributed by atoms with Gasteiger partial charge in [-0.2, -0.15) is 0 Å². The summed E-state index contributed by atoms with van der Waals surface area (Å²) in [6.07, 6.45) is 4.52. The van der Waals surface area contributed by atoms with Gasteiger partial charge in [-0.25, -0.2) is 0 Å². The molecule has 2 heteroatoms. The molecule has 0 aliphatic carbocycles. The number of benzene rings is 1. The molecule has 0 N–H and O–H groups in total. The van der Waals surface area contributed by atoms with E-state index in [-0.39, 0.29) is 0 Å². The first-order valence-electron chi connectivity index (χ1n) is 5.54. The highest BCUT2D eigenvalue weighted by Gasteiger charge is 2.06. The molecule has 0 bridgehead atoms. The molecule has 0 unspecified atom stereocenters. The molecule has 1 aromatic heterocycles. The van der Waals surface area contributed by atoms with Crippen molar-refractivity contribution in [3.05, 3.63) is 60.8 Å². The van der Waals surface area contributed by atoms with Gasteiger partial charge < -0.3 is 4.74 Å². The Labute approximate surface area is 102 Å². The first-order chi connectivity index (χ1) is 8.35. The zero-order valence-corrected chi connectivity index (χ0v) is 9.89. The number of nitrogens with zero attached hydrogens (tertiary/aromatic N) is 1. The fourth-order valence-corrected chi connectivity index (χ4v) is 1.78. The standard InChI is InChI=1S/C15H15NO/c1-3-6-12-8-9-13(17-2)11-14(12)15-7-4-5-10-16-15/h3-5,7-11H,1,6H2,2H3. The Kier molecular flexibility index (Phi) is 3.55. The van der Waals surface area contributed by atoms with Gasteiger partial charge in [-0.3, -0.25) is 4.98 Å². The van der Waals surface area contributed by atoms with E-state index >= 15 is 0 Å². The van der Waals surface area contributed by atoms with E-state index in [0.29, 0.717) is 0 Å². The van der Waals surface area contributed by atoms with Crippen molar-refractivity contribution >= 4 is 0 Å². The summed E-state index contributed by atoms with van der Waals surface area (Å²) in [6, 6.07) is 11.9. The van der Waals surface area contributed by atoms with Crippen molar-refractivity contribution in [2.45, 2.75) is 6.42 Å². The van der Waals surface area contributed by atoms with Crippen LogP contribution >= 0.6 is 0 Å². The second-order valence-electron chi connectivity index (χ2n) is 3.73. The zero-order valence-electron chi connectivity index (χ0n) is 9.89. The lowest BCUT2D eigenvalue weighted by Crippen LogP contribution is -1.92. The maximum Gasteiger partial charge on any atom is 0.119 e. The van der Waals surface area contributed by atoms with Crippen molar-refractivity contribution in [3.63, 3.8) is 0 Å². The summed E-state index contributed by atoms with van der Waals surface area (Å²) in [6.45, 7) is 3.78. The summed E-state index contributed by atoms with van der Waals surface area (Å²) < 4.78 is 5.26. The van der Waals surface area contributed by atoms with E-state index in [0.717, 1.165) is 23.4 Å². The summed E-state index contributed by atoms with van der Waals surface area (Å²) in [5, 5.41) is 0. The van der Waals surface area contributed by atoms with Gasteiger partial charge in [0.2, 0.25) is 0 Å². The first kappa shape index (κ1) is 11.4. The van der Waals surface area contributed by atoms with Crippen molar-refractivity contribution in [1.82, 2.24) is 4.98 Å². The van der Waals surface area contributed by atoms with Crippen molar-refractivity contribution in [3.8, 4) is 17.0 Å². The molecule has 1 aromatic carbocycles. The third-order valence-electron chi connectivity index (χ3n) is 2.62. The third kappa shape index (κ3) is 2.53. The van der Waals surface area contributed by atoms with Crippen LogP contribution in [0.3, 0.4) is 0 Å². The van der Waals surface area contributed by atoms with Crippen molar-refractivity contribution in [2.24, 2.45) is 0 Å². The number of methoxy groups -OCH3 is 1. The van der Waals surface area contributed by atoms with Crippen LogP contribution in [0.4, 0.5) is 0 Å². The van der Waals surface area contributed by atoms with Crippen LogP contribution in [-0.4, -0.2) is 12.1 Å². The Bertz CT molecular complexity index is 506. The van der Waals surface area contributed by atoms with Gasteiger partial charge in [0.15, 0.2) is 0 Å². The number of ether oxygens (including phenoxy) is 1. The molecule has 0 aliphatic heterocycles. The van der Waals surface area contributed by atoms with Crippen LogP contribution in [0.2, 0.25) is 0 Å². The third-order valence-corrected chi connectivity index (χ3v) is 2.62. The lowest BCUT2D eigenvalue weighted by molar-refractivity contribution is 0.415. The molecule has 86 valence electrons. The minimum absolute atomic E-state index is 0.829. The topological polar surface area (TPSA) is 22.1 Å². The molecule has 0 radical (unpaired) electrons. The fraction of sp³-hybridized carbons (Fsp3) is 0.133. The van der Waals surface area contributed by atoms with E-state index in [1.165, 1.54) is 5.56 Å². The average Bonchev–Trinajstić information content (AvgIpc) is 2.40. The maximum absolute atomic E-state index is 5.26. The Morgan fingerprint density at radius 3 is 2.82 bits per heavy atom. The molecule has 0 fully saturated rings. The quantitative estimate of drug-likeness (QED) is 0.743. The van der Waals surface area contributed by atoms with E-state index in [2.05, 4.69) is 17.6 Å². The predicted octanol–water partition coefficient (Wildman–Crippen LogP) is 3.49. The highest BCUT2D eigenvalue weighted by atomic mass is 16.5. The number of pyridine rings is 1. The van der Waals surface area contributed by atoms with Gasteiger partial charge >= 0.3 is 0 Å². The predicted molar refractivity (Wildman–Crippen MR) is 70.1 cm³/mol. The van der Waals surface area contributed by atoms with Crippen LogP contribution in [0.25, 0.3) is 11.3 Å². The minimum Gasteiger partial charge on any atom is -0.497 e. The van der Waals surface area contributed by atoms with Gasteiger partial charge in [-0.15, -0.1) is 6.58 Å². The molecule has 2 rings (SSSR count). The van der Waals surface area contributed by atoms with Gasteiger partial charge in [0.1, 0.15) is 5.75 Å². The Morgan fingerprint density at radius 1 is 1.29 bits per heavy atom. The van der Waals surface area contributed by atoms with Crippen LogP contribution in [0.5, 0.6) is 5.75 Å². The van der Waals surface area contributed by atoms with E-state index in [9.17, 15) is 0 Å². The average molecular weight is 225 g/mol. The smallest absolute Gasteiger partial charge is 0.119 e. The van der Waals surface area contributed by atoms with Crippen LogP contribution in [0, 0.1) is 0 Å². The maximum atomic E-state index is 5.26. The second kappa shape index (κ2) is 5.30. The molecule has 2 aromatic rings. The lowest BCUT2D eigenvalue weighted by atomic mass is 10.0. The zero-order chi connectivity index (χ0) is 12.1. The monoisotopic (exact) mass is 225 g/mol. The highest BCUT2D eigenvalue weighted by Crippen LogP contribution is 2.27. The second-order valence-corrected chi connectivity index (χ2v) is 3.73. The van der Waals surface area contributed by atoms with Crippen LogP contribution in [0.15, 0.2) is 55.3 Å². The summed E-state index contributed by atoms with van der Waals surface area (Å²) in [7, 11) is 1.67. The SMILES string of the molecule is C=CCc1ccc(OC)cc1-c1ccccn1. The Balaban J connectivity index is 2.52. The Morgan fingerprint density at radius 2 is 2.18 bits per heavy atom. The number of hydrogen-bond acceptors (Lipinski definition) is 2. The van der Waals surface area contributed by atoms with Crippen molar-refractivity contribution in [2.75, 3.05) is 7.11 Å². The normalized spacial score (nSPS) is 9.94. The largest absolute Gasteiger partial charge is 0.497 e. The van der Waals surface area contributed by atoms with Gasteiger partial charge in [-0.1, -0.05) is 18.2 Å². The lowest BCUT2D eigenvalue weighted by Gasteiger charge is -2.09. The van der Waals surface area contributed by atoms with Crippen LogP contribution < -0.4 is 4.74 Å². The minimum atomic E-state index is 0.829. The van der Waals surface area contributed by atoms with Crippen molar-refractivity contribution in [1.29, 1.82) is 0 Å². The molecule has 0 spiro atoms. The molecule has 0 saturated heterocycles. The number of aromatic nitrogens is 1. The van der Waals surface area contributed by atoms with Gasteiger partial charge in [0, 0.05) is 11.8 Å². The molecule has 1 heterocycles. The summed E-state index contributed by atoms with van der Waals surface area (Å²) in [4.78, 5) is 4.38. The van der Waals surface area contributed by atoms with E-state index in [1.54, 1.807) is 13.3 Å². The van der Waals surface area contributed by atoms with Crippen LogP contribution in [-0.2, 0) is 6.42 Å². The Hall–Kier alpha value is -2.09. The van der Waals surface area contributed by atoms with E-state index in [4.69, 9.17) is 4.74 Å². The molecular weight excluding hydrogens is 210 g/mol. The molecule has 0 amide bonds. The number of allylic oxidation sites excluding steroid dienone is 1. The highest BCUT2D eigenvalue weighted by molar-refractivity contribution is 5.65. The van der Waals surface area contributed by atoms with E-state index < -0.39 is 0 Å². The number of rotatable bonds is 4. The summed E-state index contributed by atoms with van der Waals surface area (Å²) in [5.41, 5.74) is 3.27. The molecule has 0 saturated carbocycles. The fourth-order valence-electron chi connectivity index (χ4n) is 1.78. The molecular formula is C15H15NO. The van der Waals surface area contributed by atoms with Gasteiger partial charge in [0.05, 0.1) is 12.8 Å². The first-order valence-corrected chi connectivity index (χ1v) is 5.54. The van der Waals surface area contributed by atoms with E-state index in [1.807, 2.05) is 36.4 Å². The number of hydrogen-bond donors (Lipinski definition) is 0. The molecule has 0 aliphatic rings. The molecule has 0 atom stereocenters. The van der Waals surface area contributed by atoms with Gasteiger partial charge in [0.25, 0.3) is 0 Å². The summed E-state index contributed by atoms with van der Waals surface area (Å²) >= 11 is 0. The molecule has 2 nitrogen and oxygen atoms in total. The van der Waals surface area contributed by atoms with Crippen molar-refractivity contribution < 1.29 is 4.74 Å².